The van der Waals surface area contributed by atoms with Crippen molar-refractivity contribution in [2.45, 2.75) is 277 Å². The Morgan fingerprint density at radius 1 is 0.519 bits per heavy atom. The summed E-state index contributed by atoms with van der Waals surface area (Å²) in [4.78, 5) is 26.0. The van der Waals surface area contributed by atoms with Crippen molar-refractivity contribution >= 4 is 11.9 Å². The predicted octanol–water partition coefficient (Wildman–Crippen LogP) is 13.8. The summed E-state index contributed by atoms with van der Waals surface area (Å²) in [5.41, 5.74) is 0. The Morgan fingerprint density at radius 2 is 0.907 bits per heavy atom. The van der Waals surface area contributed by atoms with Gasteiger partial charge in [0, 0.05) is 6.42 Å². The minimum Gasteiger partial charge on any atom is -0.462 e. The number of allylic oxidation sites excluding steroid dienone is 2. The zero-order valence-electron chi connectivity index (χ0n) is 36.4. The van der Waals surface area contributed by atoms with E-state index >= 15 is 0 Å². The van der Waals surface area contributed by atoms with Crippen LogP contribution in [0.15, 0.2) is 12.2 Å². The van der Waals surface area contributed by atoms with E-state index in [0.29, 0.717) is 19.3 Å². The van der Waals surface area contributed by atoms with Crippen LogP contribution in [0.4, 0.5) is 0 Å². The number of rotatable bonds is 43. The second-order valence-electron chi connectivity index (χ2n) is 16.5. The first kappa shape index (κ1) is 52.6. The number of aliphatic hydroxyl groups excluding tert-OH is 2. The van der Waals surface area contributed by atoms with Crippen LogP contribution in [0.5, 0.6) is 0 Å². The molecule has 0 aromatic carbocycles. The average molecular weight is 764 g/mol. The van der Waals surface area contributed by atoms with E-state index in [-0.39, 0.29) is 24.9 Å². The summed E-state index contributed by atoms with van der Waals surface area (Å²) < 4.78 is 5.90. The first-order valence-electron chi connectivity index (χ1n) is 23.9. The minimum atomic E-state index is -0.781. The molecule has 0 saturated carbocycles. The lowest BCUT2D eigenvalue weighted by Crippen LogP contribution is -2.46. The van der Waals surface area contributed by atoms with E-state index in [2.05, 4.69) is 38.2 Å². The molecular formula is C48H93NO5. The Bertz CT molecular complexity index is 817. The van der Waals surface area contributed by atoms with Crippen LogP contribution in [-0.2, 0) is 14.3 Å². The van der Waals surface area contributed by atoms with Crippen molar-refractivity contribution in [2.75, 3.05) is 6.61 Å². The van der Waals surface area contributed by atoms with Gasteiger partial charge in [-0.2, -0.15) is 0 Å². The van der Waals surface area contributed by atoms with Crippen LogP contribution in [0.25, 0.3) is 0 Å². The largest absolute Gasteiger partial charge is 0.462 e. The maximum absolute atomic E-state index is 13.1. The molecule has 0 aliphatic rings. The number of aliphatic hydroxyl groups is 2. The Balaban J connectivity index is 4.53. The van der Waals surface area contributed by atoms with Gasteiger partial charge in [-0.15, -0.1) is 0 Å². The fraction of sp³-hybridized carbons (Fsp3) is 0.917. The van der Waals surface area contributed by atoms with Gasteiger partial charge in [-0.3, -0.25) is 9.59 Å². The van der Waals surface area contributed by atoms with Crippen molar-refractivity contribution in [1.29, 1.82) is 0 Å². The van der Waals surface area contributed by atoms with Gasteiger partial charge in [-0.05, 0) is 44.9 Å². The van der Waals surface area contributed by atoms with E-state index in [1.54, 1.807) is 0 Å². The smallest absolute Gasteiger partial charge is 0.306 e. The summed E-state index contributed by atoms with van der Waals surface area (Å²) in [6.45, 7) is 6.44. The highest BCUT2D eigenvalue weighted by molar-refractivity contribution is 5.77. The second-order valence-corrected chi connectivity index (χ2v) is 16.5. The van der Waals surface area contributed by atoms with Crippen molar-refractivity contribution in [3.63, 3.8) is 0 Å². The summed E-state index contributed by atoms with van der Waals surface area (Å²) in [5, 5.41) is 23.7. The number of ether oxygens (including phenoxy) is 1. The topological polar surface area (TPSA) is 95.9 Å². The molecule has 0 aliphatic carbocycles. The van der Waals surface area contributed by atoms with Gasteiger partial charge in [0.2, 0.25) is 5.91 Å². The van der Waals surface area contributed by atoms with Gasteiger partial charge in [0.25, 0.3) is 0 Å². The zero-order valence-corrected chi connectivity index (χ0v) is 36.4. The number of carbonyl (C=O) groups excluding carboxylic acids is 2. The van der Waals surface area contributed by atoms with Gasteiger partial charge in [-0.1, -0.05) is 213 Å². The summed E-state index contributed by atoms with van der Waals surface area (Å²) in [5.74, 6) is -0.473. The molecule has 0 aromatic rings. The minimum absolute atomic E-state index is 0.0806. The zero-order chi connectivity index (χ0) is 39.6. The Morgan fingerprint density at radius 3 is 1.37 bits per heavy atom. The molecule has 3 N–H and O–H groups in total. The molecule has 0 fully saturated rings. The highest BCUT2D eigenvalue weighted by atomic mass is 16.5. The molecule has 320 valence electrons. The first-order chi connectivity index (χ1) is 26.5. The van der Waals surface area contributed by atoms with Gasteiger partial charge in [0.15, 0.2) is 0 Å². The Hall–Kier alpha value is -1.40. The second kappa shape index (κ2) is 42.7. The molecule has 1 amide bonds. The number of hydrogen-bond donors (Lipinski definition) is 3. The summed E-state index contributed by atoms with van der Waals surface area (Å²) in [6, 6.07) is -0.694. The number of hydrogen-bond acceptors (Lipinski definition) is 5. The van der Waals surface area contributed by atoms with E-state index < -0.39 is 18.2 Å². The van der Waals surface area contributed by atoms with Gasteiger partial charge in [0.1, 0.15) is 6.10 Å². The molecule has 0 saturated heterocycles. The Kier molecular flexibility index (Phi) is 41.6. The quantitative estimate of drug-likeness (QED) is 0.0326. The van der Waals surface area contributed by atoms with Crippen LogP contribution < -0.4 is 5.32 Å². The third-order valence-corrected chi connectivity index (χ3v) is 11.1. The molecule has 0 aromatic heterocycles. The summed E-state index contributed by atoms with van der Waals surface area (Å²) in [6.07, 6.45) is 45.5. The van der Waals surface area contributed by atoms with Crippen LogP contribution in [0.2, 0.25) is 0 Å². The summed E-state index contributed by atoms with van der Waals surface area (Å²) in [7, 11) is 0. The first-order valence-corrected chi connectivity index (χ1v) is 23.9. The van der Waals surface area contributed by atoms with Crippen molar-refractivity contribution in [3.8, 4) is 0 Å². The van der Waals surface area contributed by atoms with Crippen molar-refractivity contribution in [2.24, 2.45) is 0 Å². The van der Waals surface area contributed by atoms with Crippen molar-refractivity contribution < 1.29 is 24.5 Å². The van der Waals surface area contributed by atoms with Crippen LogP contribution in [0.3, 0.4) is 0 Å². The Labute approximate surface area is 336 Å². The van der Waals surface area contributed by atoms with Gasteiger partial charge in [0.05, 0.1) is 25.2 Å². The van der Waals surface area contributed by atoms with Gasteiger partial charge < -0.3 is 20.3 Å². The van der Waals surface area contributed by atoms with E-state index in [1.165, 1.54) is 161 Å². The standard InChI is InChI=1S/C48H93NO5/c1-4-7-10-13-16-19-22-23-26-28-31-34-37-40-46(51)45(43-50)49-47(52)42-44(39-36-33-30-27-24-20-17-14-11-8-5-2)54-48(53)41-38-35-32-29-25-21-18-15-12-9-6-3/h15,18,44-46,50-51H,4-14,16-17,19-43H2,1-3H3,(H,49,52)/b18-15-. The van der Waals surface area contributed by atoms with E-state index in [9.17, 15) is 19.8 Å². The lowest BCUT2D eigenvalue weighted by Gasteiger charge is -2.24. The highest BCUT2D eigenvalue weighted by Crippen LogP contribution is 2.18. The van der Waals surface area contributed by atoms with Crippen LogP contribution in [0, 0.1) is 0 Å². The predicted molar refractivity (Wildman–Crippen MR) is 232 cm³/mol. The van der Waals surface area contributed by atoms with E-state index in [0.717, 1.165) is 51.4 Å². The number of nitrogens with one attached hydrogen (secondary N) is 1. The molecular weight excluding hydrogens is 671 g/mol. The van der Waals surface area contributed by atoms with Crippen LogP contribution in [-0.4, -0.2) is 46.9 Å². The molecule has 0 heterocycles. The van der Waals surface area contributed by atoms with Crippen molar-refractivity contribution in [1.82, 2.24) is 5.32 Å². The molecule has 6 heteroatoms. The maximum atomic E-state index is 13.1. The molecule has 0 radical (unpaired) electrons. The van der Waals surface area contributed by atoms with Crippen LogP contribution in [0.1, 0.15) is 258 Å². The van der Waals surface area contributed by atoms with Gasteiger partial charge in [-0.25, -0.2) is 0 Å². The number of esters is 1. The fourth-order valence-electron chi connectivity index (χ4n) is 7.41. The third kappa shape index (κ3) is 37.5. The number of carbonyl (C=O) groups is 2. The maximum Gasteiger partial charge on any atom is 0.306 e. The number of amides is 1. The molecule has 0 bridgehead atoms. The molecule has 3 unspecified atom stereocenters. The highest BCUT2D eigenvalue weighted by Gasteiger charge is 2.24. The van der Waals surface area contributed by atoms with Crippen LogP contribution >= 0.6 is 0 Å². The average Bonchev–Trinajstić information content (AvgIpc) is 3.16. The fourth-order valence-corrected chi connectivity index (χ4v) is 7.41. The normalized spacial score (nSPS) is 13.4. The van der Waals surface area contributed by atoms with E-state index in [4.69, 9.17) is 4.74 Å². The summed E-state index contributed by atoms with van der Waals surface area (Å²) >= 11 is 0. The molecule has 6 nitrogen and oxygen atoms in total. The van der Waals surface area contributed by atoms with E-state index in [1.807, 2.05) is 0 Å². The molecule has 3 atom stereocenters. The lowest BCUT2D eigenvalue weighted by atomic mass is 10.0. The van der Waals surface area contributed by atoms with Gasteiger partial charge >= 0.3 is 5.97 Å². The lowest BCUT2D eigenvalue weighted by molar-refractivity contribution is -0.151. The van der Waals surface area contributed by atoms with Crippen molar-refractivity contribution in [3.05, 3.63) is 12.2 Å². The third-order valence-electron chi connectivity index (χ3n) is 11.1. The molecule has 0 rings (SSSR count). The molecule has 0 aliphatic heterocycles. The monoisotopic (exact) mass is 764 g/mol. The molecule has 54 heavy (non-hydrogen) atoms. The molecule has 0 spiro atoms. The SMILES string of the molecule is CCCC/C=C\CCCCCCCC(=O)OC(CCCCCCCCCCCCC)CC(=O)NC(CO)C(O)CCCCCCCCCCCCCCC. The number of unbranched alkanes of at least 4 members (excludes halogenated alkanes) is 29.